The summed E-state index contributed by atoms with van der Waals surface area (Å²) in [5, 5.41) is 0. The van der Waals surface area contributed by atoms with Crippen molar-refractivity contribution in [1.29, 1.82) is 0 Å². The number of nitrogens with zero attached hydrogens (tertiary/aromatic N) is 1. The summed E-state index contributed by atoms with van der Waals surface area (Å²) < 4.78 is 0. The van der Waals surface area contributed by atoms with Crippen molar-refractivity contribution in [3.05, 3.63) is 12.2 Å². The highest BCUT2D eigenvalue weighted by Crippen LogP contribution is 1.79. The Morgan fingerprint density at radius 2 is 1.92 bits per heavy atom. The van der Waals surface area contributed by atoms with E-state index in [-0.39, 0.29) is 7.58 Å². The summed E-state index contributed by atoms with van der Waals surface area (Å²) in [7, 11) is 2.01. The van der Waals surface area contributed by atoms with Crippen LogP contribution in [-0.4, -0.2) is 31.3 Å². The average molecular weight is 176 g/mol. The molecule has 3 N–H and O–H groups in total. The largest absolute Gasteiger partial charge is 0.344 e. The van der Waals surface area contributed by atoms with Gasteiger partial charge in [-0.25, -0.2) is 0 Å². The molecule has 0 atom stereocenters. The zero-order valence-corrected chi connectivity index (χ0v) is 8.71. The second kappa shape index (κ2) is 16.7. The fourth-order valence-electron chi connectivity index (χ4n) is 0.425. The van der Waals surface area contributed by atoms with Crippen LogP contribution in [0.3, 0.4) is 0 Å². The van der Waals surface area contributed by atoms with Crippen LogP contribution in [0.25, 0.3) is 0 Å². The van der Waals surface area contributed by atoms with Crippen LogP contribution in [0.4, 0.5) is 0 Å². The average Bonchev–Trinajstić information content (AvgIpc) is 2.08. The van der Waals surface area contributed by atoms with Crippen molar-refractivity contribution >= 4 is 6.29 Å². The molecule has 0 unspecified atom stereocenters. The molecule has 0 fully saturated rings. The minimum absolute atomic E-state index is 0. The lowest BCUT2D eigenvalue weighted by molar-refractivity contribution is -0.104. The molecule has 0 aliphatic heterocycles. The van der Waals surface area contributed by atoms with E-state index in [0.717, 1.165) is 19.4 Å². The highest BCUT2D eigenvalue weighted by Gasteiger charge is 1.85. The topological polar surface area (TPSA) is 55.3 Å². The van der Waals surface area contributed by atoms with Gasteiger partial charge in [0, 0.05) is 7.97 Å². The zero-order valence-electron chi connectivity index (χ0n) is 8.71. The van der Waals surface area contributed by atoms with E-state index in [4.69, 9.17) is 0 Å². The molecule has 0 aromatic rings. The summed E-state index contributed by atoms with van der Waals surface area (Å²) in [6.45, 7) is 7.95. The van der Waals surface area contributed by atoms with Crippen LogP contribution in [0.1, 0.15) is 22.2 Å². The molecule has 0 aliphatic rings. The molecule has 0 aliphatic carbocycles. The van der Waals surface area contributed by atoms with Crippen molar-refractivity contribution in [3.8, 4) is 0 Å². The summed E-state index contributed by atoms with van der Waals surface area (Å²) in [4.78, 5) is 11.9. The lowest BCUT2D eigenvalue weighted by Crippen LogP contribution is -2.16. The summed E-state index contributed by atoms with van der Waals surface area (Å²) in [6.07, 6.45) is 4.16. The molecule has 3 nitrogen and oxygen atoms in total. The molecule has 0 heterocycles. The summed E-state index contributed by atoms with van der Waals surface area (Å²) >= 11 is 0. The van der Waals surface area contributed by atoms with Crippen LogP contribution in [0.2, 0.25) is 0 Å². The number of carbonyl (C=O) groups is 1. The van der Waals surface area contributed by atoms with E-state index in [1.54, 1.807) is 0 Å². The first kappa shape index (κ1) is 17.4. The van der Waals surface area contributed by atoms with E-state index in [2.05, 4.69) is 11.8 Å². The third kappa shape index (κ3) is 16.2. The van der Waals surface area contributed by atoms with Crippen LogP contribution in [0.15, 0.2) is 12.2 Å². The van der Waals surface area contributed by atoms with Gasteiger partial charge in [-0.3, -0.25) is 4.79 Å². The molecule has 0 spiro atoms. The Kier molecular flexibility index (Phi) is 24.3. The number of rotatable bonds is 4. The predicted octanol–water partition coefficient (Wildman–Crippen LogP) is 2.13. The van der Waals surface area contributed by atoms with E-state index in [9.17, 15) is 4.79 Å². The van der Waals surface area contributed by atoms with Gasteiger partial charge in [0.1, 0.15) is 6.29 Å². The number of carbonyl (C=O) groups excluding carboxylic acids is 1. The highest BCUT2D eigenvalue weighted by atomic mass is 16.1. The van der Waals surface area contributed by atoms with E-state index < -0.39 is 0 Å². The Balaban J connectivity index is -0.0000000941. The Morgan fingerprint density at radius 3 is 2.25 bits per heavy atom. The van der Waals surface area contributed by atoms with Crippen molar-refractivity contribution in [2.45, 2.75) is 20.8 Å². The number of aldehydes is 1. The van der Waals surface area contributed by atoms with Crippen LogP contribution in [0, 0.1) is 0 Å². The monoisotopic (exact) mass is 176 g/mol. The van der Waals surface area contributed by atoms with E-state index >= 15 is 0 Å². The number of hydrogen-bond donors (Lipinski definition) is 1. The van der Waals surface area contributed by atoms with Crippen molar-refractivity contribution in [1.82, 2.24) is 11.1 Å². The maximum atomic E-state index is 9.77. The first-order chi connectivity index (χ1) is 5.31. The van der Waals surface area contributed by atoms with Crippen molar-refractivity contribution in [2.75, 3.05) is 20.1 Å². The van der Waals surface area contributed by atoms with Crippen molar-refractivity contribution < 1.29 is 6.22 Å². The second-order valence-corrected chi connectivity index (χ2v) is 1.92. The Hall–Kier alpha value is -0.670. The van der Waals surface area contributed by atoms with Gasteiger partial charge in [0.2, 0.25) is 0 Å². The molecule has 3 heteroatoms. The predicted molar refractivity (Wildman–Crippen MR) is 56.9 cm³/mol. The fraction of sp³-hybridized carbons (Fsp3) is 0.667. The fourth-order valence-corrected chi connectivity index (χ4v) is 0.425. The number of hydrogen-bond acceptors (Lipinski definition) is 3. The molecule has 0 saturated carbocycles. The molecule has 0 amide bonds. The SMILES string of the molecule is CC.CCN(C)C/C=C/C=O.N.[HH]. The quantitative estimate of drug-likeness (QED) is 0.527. The van der Waals surface area contributed by atoms with E-state index in [0.29, 0.717) is 0 Å². The Morgan fingerprint density at radius 1 is 1.42 bits per heavy atom. The van der Waals surface area contributed by atoms with Crippen molar-refractivity contribution in [3.63, 3.8) is 0 Å². The van der Waals surface area contributed by atoms with Crippen LogP contribution >= 0.6 is 0 Å². The van der Waals surface area contributed by atoms with Gasteiger partial charge in [0.25, 0.3) is 0 Å². The molecular formula is C9H24N2O. The summed E-state index contributed by atoms with van der Waals surface area (Å²) in [5.74, 6) is 0. The Bertz CT molecular complexity index is 108. The molecular weight excluding hydrogens is 152 g/mol. The third-order valence-electron chi connectivity index (χ3n) is 1.17. The molecule has 12 heavy (non-hydrogen) atoms. The molecule has 76 valence electrons. The van der Waals surface area contributed by atoms with Gasteiger partial charge in [-0.1, -0.05) is 26.8 Å². The first-order valence-corrected chi connectivity index (χ1v) is 4.10. The number of likely N-dealkylation sites (N-methyl/N-ethyl adjacent to an activating group) is 1. The Labute approximate surface area is 77.5 Å². The lowest BCUT2D eigenvalue weighted by atomic mass is 10.5. The minimum Gasteiger partial charge on any atom is -0.344 e. The standard InChI is InChI=1S/C7H13NO.C2H6.H3N.H2/c1-3-8(2)6-4-5-7-9;1-2;;/h4-5,7H,3,6H2,1-2H3;1-2H3;1H3;1H/b5-4+;;;. The molecule has 0 saturated heterocycles. The normalized spacial score (nSPS) is 8.75. The molecule has 0 rings (SSSR count). The van der Waals surface area contributed by atoms with Gasteiger partial charge in [-0.15, -0.1) is 0 Å². The van der Waals surface area contributed by atoms with Crippen LogP contribution in [0.5, 0.6) is 0 Å². The van der Waals surface area contributed by atoms with Crippen LogP contribution in [-0.2, 0) is 4.79 Å². The maximum absolute atomic E-state index is 9.77. The van der Waals surface area contributed by atoms with Gasteiger partial charge in [-0.05, 0) is 19.7 Å². The van der Waals surface area contributed by atoms with Gasteiger partial charge in [-0.2, -0.15) is 0 Å². The van der Waals surface area contributed by atoms with Gasteiger partial charge in [0.05, 0.1) is 0 Å². The first-order valence-electron chi connectivity index (χ1n) is 4.10. The van der Waals surface area contributed by atoms with Gasteiger partial charge < -0.3 is 11.1 Å². The lowest BCUT2D eigenvalue weighted by Gasteiger charge is -2.08. The molecule has 0 aromatic heterocycles. The molecule has 0 radical (unpaired) electrons. The van der Waals surface area contributed by atoms with Gasteiger partial charge >= 0.3 is 0 Å². The third-order valence-corrected chi connectivity index (χ3v) is 1.17. The molecule has 0 bridgehead atoms. The zero-order chi connectivity index (χ0) is 9.11. The van der Waals surface area contributed by atoms with E-state index in [1.165, 1.54) is 6.08 Å². The van der Waals surface area contributed by atoms with Crippen LogP contribution < -0.4 is 6.15 Å². The minimum atomic E-state index is 0. The number of allylic oxidation sites excluding steroid dienone is 1. The maximum Gasteiger partial charge on any atom is 0.142 e. The van der Waals surface area contributed by atoms with E-state index in [1.807, 2.05) is 27.0 Å². The summed E-state index contributed by atoms with van der Waals surface area (Å²) in [5.41, 5.74) is 0. The highest BCUT2D eigenvalue weighted by molar-refractivity contribution is 5.64. The summed E-state index contributed by atoms with van der Waals surface area (Å²) in [6, 6.07) is 0. The molecule has 0 aromatic carbocycles. The van der Waals surface area contributed by atoms with Crippen molar-refractivity contribution in [2.24, 2.45) is 0 Å². The smallest absolute Gasteiger partial charge is 0.142 e. The van der Waals surface area contributed by atoms with Gasteiger partial charge in [0.15, 0.2) is 0 Å². The second-order valence-electron chi connectivity index (χ2n) is 1.92.